The second kappa shape index (κ2) is 9.58. The molecule has 0 amide bonds. The van der Waals surface area contributed by atoms with Crippen LogP contribution in [0.2, 0.25) is 0 Å². The number of hydrogen-bond donors (Lipinski definition) is 1. The summed E-state index contributed by atoms with van der Waals surface area (Å²) in [7, 11) is 0. The molecule has 2 unspecified atom stereocenters. The summed E-state index contributed by atoms with van der Waals surface area (Å²) in [5, 5.41) is 9.88. The maximum Gasteiger partial charge on any atom is 0.416 e. The van der Waals surface area contributed by atoms with Crippen molar-refractivity contribution in [2.24, 2.45) is 0 Å². The van der Waals surface area contributed by atoms with Crippen molar-refractivity contribution in [1.29, 1.82) is 0 Å². The molecule has 0 spiro atoms. The minimum Gasteiger partial charge on any atom is -0.435 e. The molecule has 0 bridgehead atoms. The smallest absolute Gasteiger partial charge is 0.416 e. The quantitative estimate of drug-likeness (QED) is 0.408. The van der Waals surface area contributed by atoms with Crippen LogP contribution in [0.3, 0.4) is 0 Å². The largest absolute Gasteiger partial charge is 0.435 e. The topological polar surface area (TPSA) is 32.7 Å². The fraction of sp³-hybridized carbons (Fsp3) is 0.280. The molecule has 4 rings (SSSR count). The van der Waals surface area contributed by atoms with E-state index in [1.165, 1.54) is 35.2 Å². The number of alkyl halides is 5. The summed E-state index contributed by atoms with van der Waals surface area (Å²) in [6, 6.07) is 16.2. The molecule has 1 aliphatic heterocycles. The maximum absolute atomic E-state index is 13.8. The van der Waals surface area contributed by atoms with Crippen LogP contribution >= 0.6 is 0 Å². The molecule has 3 nitrogen and oxygen atoms in total. The SMILES string of the molecule is OC(CN1c2cccc(-c3cccc(F)c3)c2CCC1c1cccc(OC(F)F)c1)C(F)(F)F. The van der Waals surface area contributed by atoms with Gasteiger partial charge in [0.25, 0.3) is 0 Å². The fourth-order valence-electron chi connectivity index (χ4n) is 4.40. The van der Waals surface area contributed by atoms with Crippen LogP contribution in [0, 0.1) is 5.82 Å². The van der Waals surface area contributed by atoms with Gasteiger partial charge in [-0.3, -0.25) is 0 Å². The van der Waals surface area contributed by atoms with E-state index in [9.17, 15) is 31.4 Å². The highest BCUT2D eigenvalue weighted by Gasteiger charge is 2.41. The Labute approximate surface area is 192 Å². The van der Waals surface area contributed by atoms with Gasteiger partial charge in [-0.05, 0) is 65.4 Å². The summed E-state index contributed by atoms with van der Waals surface area (Å²) in [5.74, 6) is -0.549. The summed E-state index contributed by atoms with van der Waals surface area (Å²) in [5.41, 5.74) is 2.92. The Morgan fingerprint density at radius 2 is 1.74 bits per heavy atom. The Hall–Kier alpha value is -3.20. The van der Waals surface area contributed by atoms with Gasteiger partial charge in [-0.2, -0.15) is 22.0 Å². The van der Waals surface area contributed by atoms with Gasteiger partial charge < -0.3 is 14.7 Å². The van der Waals surface area contributed by atoms with Gasteiger partial charge in [-0.15, -0.1) is 0 Å². The molecule has 180 valence electrons. The molecule has 1 heterocycles. The van der Waals surface area contributed by atoms with Crippen LogP contribution in [0.5, 0.6) is 5.75 Å². The van der Waals surface area contributed by atoms with E-state index in [4.69, 9.17) is 0 Å². The third-order valence-corrected chi connectivity index (χ3v) is 5.86. The summed E-state index contributed by atoms with van der Waals surface area (Å²) in [4.78, 5) is 1.43. The molecule has 0 saturated heterocycles. The number of rotatable bonds is 6. The normalized spacial score (nSPS) is 16.9. The number of nitrogens with zero attached hydrogens (tertiary/aromatic N) is 1. The number of aliphatic hydroxyl groups is 1. The molecule has 2 atom stereocenters. The average Bonchev–Trinajstić information content (AvgIpc) is 2.78. The van der Waals surface area contributed by atoms with Crippen molar-refractivity contribution < 1.29 is 36.2 Å². The Morgan fingerprint density at radius 1 is 1.00 bits per heavy atom. The summed E-state index contributed by atoms with van der Waals surface area (Å²) >= 11 is 0. The van der Waals surface area contributed by atoms with Gasteiger partial charge >= 0.3 is 12.8 Å². The lowest BCUT2D eigenvalue weighted by Crippen LogP contribution is -2.44. The molecule has 9 heteroatoms. The molecule has 3 aromatic rings. The van der Waals surface area contributed by atoms with Crippen molar-refractivity contribution in [2.75, 3.05) is 11.4 Å². The van der Waals surface area contributed by atoms with E-state index in [0.717, 1.165) is 5.56 Å². The van der Waals surface area contributed by atoms with Gasteiger partial charge in [0, 0.05) is 5.69 Å². The van der Waals surface area contributed by atoms with Crippen LogP contribution in [-0.2, 0) is 6.42 Å². The summed E-state index contributed by atoms with van der Waals surface area (Å²) < 4.78 is 83.5. The van der Waals surface area contributed by atoms with Crippen LogP contribution in [-0.4, -0.2) is 30.5 Å². The van der Waals surface area contributed by atoms with E-state index < -0.39 is 37.3 Å². The van der Waals surface area contributed by atoms with E-state index in [1.54, 1.807) is 36.4 Å². The van der Waals surface area contributed by atoms with Gasteiger partial charge in [0.1, 0.15) is 11.6 Å². The van der Waals surface area contributed by atoms with Gasteiger partial charge in [-0.1, -0.05) is 36.4 Å². The Bertz CT molecular complexity index is 1150. The lowest BCUT2D eigenvalue weighted by Gasteiger charge is -2.41. The molecule has 0 saturated carbocycles. The van der Waals surface area contributed by atoms with Gasteiger partial charge in [-0.25, -0.2) is 4.39 Å². The van der Waals surface area contributed by atoms with Crippen LogP contribution in [0.4, 0.5) is 32.0 Å². The zero-order chi connectivity index (χ0) is 24.5. The number of fused-ring (bicyclic) bond motifs is 1. The zero-order valence-electron chi connectivity index (χ0n) is 17.8. The molecular weight excluding hydrogens is 460 g/mol. The Morgan fingerprint density at radius 3 is 2.44 bits per heavy atom. The molecule has 0 radical (unpaired) electrons. The standard InChI is InChI=1S/C25H21F6NO2/c26-17-6-1-4-15(12-17)19-8-3-9-22-20(19)10-11-21(32(22)14-23(33)25(29,30)31)16-5-2-7-18(13-16)34-24(27)28/h1-9,12-13,21,23-24,33H,10-11,14H2. The van der Waals surface area contributed by atoms with Gasteiger partial charge in [0.15, 0.2) is 6.10 Å². The van der Waals surface area contributed by atoms with Crippen molar-refractivity contribution >= 4 is 5.69 Å². The highest BCUT2D eigenvalue weighted by molar-refractivity contribution is 5.76. The predicted octanol–water partition coefficient (Wildman–Crippen LogP) is 6.51. The lowest BCUT2D eigenvalue weighted by atomic mass is 9.86. The minimum atomic E-state index is -4.84. The van der Waals surface area contributed by atoms with Crippen molar-refractivity contribution in [1.82, 2.24) is 0 Å². The zero-order valence-corrected chi connectivity index (χ0v) is 17.8. The molecule has 34 heavy (non-hydrogen) atoms. The highest BCUT2D eigenvalue weighted by atomic mass is 19.4. The average molecular weight is 481 g/mol. The van der Waals surface area contributed by atoms with Crippen molar-refractivity contribution in [2.45, 2.75) is 37.8 Å². The Kier molecular flexibility index (Phi) is 6.74. The first-order valence-electron chi connectivity index (χ1n) is 10.6. The summed E-state index contributed by atoms with van der Waals surface area (Å²) in [6.07, 6.45) is -6.67. The van der Waals surface area contributed by atoms with Crippen LogP contribution < -0.4 is 9.64 Å². The first-order valence-corrected chi connectivity index (χ1v) is 10.6. The number of hydrogen-bond acceptors (Lipinski definition) is 3. The fourth-order valence-corrected chi connectivity index (χ4v) is 4.40. The molecule has 0 aliphatic carbocycles. The van der Waals surface area contributed by atoms with Crippen molar-refractivity contribution in [3.8, 4) is 16.9 Å². The Balaban J connectivity index is 1.78. The first kappa shape index (κ1) is 23.9. The number of benzene rings is 3. The molecule has 3 aromatic carbocycles. The van der Waals surface area contributed by atoms with E-state index >= 15 is 0 Å². The summed E-state index contributed by atoms with van der Waals surface area (Å²) in [6.45, 7) is -3.80. The van der Waals surface area contributed by atoms with Gasteiger partial charge in [0.05, 0.1) is 12.6 Å². The number of ether oxygens (including phenoxy) is 1. The molecule has 0 aromatic heterocycles. The van der Waals surface area contributed by atoms with Crippen molar-refractivity contribution in [3.63, 3.8) is 0 Å². The minimum absolute atomic E-state index is 0.108. The molecule has 0 fully saturated rings. The van der Waals surface area contributed by atoms with Crippen molar-refractivity contribution in [3.05, 3.63) is 83.7 Å². The number of anilines is 1. The number of aliphatic hydroxyl groups excluding tert-OH is 1. The van der Waals surface area contributed by atoms with E-state index in [-0.39, 0.29) is 5.75 Å². The van der Waals surface area contributed by atoms with Gasteiger partial charge in [0.2, 0.25) is 0 Å². The first-order chi connectivity index (χ1) is 16.1. The highest BCUT2D eigenvalue weighted by Crippen LogP contribution is 2.44. The van der Waals surface area contributed by atoms with Crippen LogP contribution in [0.1, 0.15) is 23.6 Å². The van der Waals surface area contributed by atoms with Crippen LogP contribution in [0.15, 0.2) is 66.7 Å². The van der Waals surface area contributed by atoms with E-state index in [1.807, 2.05) is 0 Å². The molecule has 1 N–H and O–H groups in total. The lowest BCUT2D eigenvalue weighted by molar-refractivity contribution is -0.200. The third kappa shape index (κ3) is 5.14. The second-order valence-electron chi connectivity index (χ2n) is 8.03. The monoisotopic (exact) mass is 481 g/mol. The predicted molar refractivity (Wildman–Crippen MR) is 115 cm³/mol. The second-order valence-corrected chi connectivity index (χ2v) is 8.03. The molecule has 1 aliphatic rings. The third-order valence-electron chi connectivity index (χ3n) is 5.86. The number of halogens is 6. The molecular formula is C25H21F6NO2. The number of β-amino-alcohol motifs (C(OH)–C–C–N with tert-alkyl or cyclic N) is 1. The maximum atomic E-state index is 13.8. The van der Waals surface area contributed by atoms with Crippen LogP contribution in [0.25, 0.3) is 11.1 Å². The van der Waals surface area contributed by atoms with E-state index in [2.05, 4.69) is 4.74 Å². The van der Waals surface area contributed by atoms with E-state index in [0.29, 0.717) is 35.2 Å².